The van der Waals surface area contributed by atoms with Gasteiger partial charge in [0, 0.05) is 11.0 Å². The molecule has 104 valence electrons. The van der Waals surface area contributed by atoms with E-state index in [1.54, 1.807) is 0 Å². The molecule has 3 N–H and O–H groups in total. The Bertz CT molecular complexity index is 597. The molecule has 2 rings (SSSR count). The summed E-state index contributed by atoms with van der Waals surface area (Å²) in [6, 6.07) is 4.16. The highest BCUT2D eigenvalue weighted by Gasteiger charge is 2.20. The maximum absolute atomic E-state index is 12.0. The Labute approximate surface area is 120 Å². The molecule has 0 saturated heterocycles. The van der Waals surface area contributed by atoms with Gasteiger partial charge in [-0.2, -0.15) is 0 Å². The molecule has 0 bridgehead atoms. The van der Waals surface area contributed by atoms with Crippen molar-refractivity contribution < 1.29 is 13.2 Å². The van der Waals surface area contributed by atoms with E-state index in [9.17, 15) is 13.2 Å². The van der Waals surface area contributed by atoms with Gasteiger partial charge < -0.3 is 5.32 Å². The first-order valence-electron chi connectivity index (χ1n) is 5.98. The Morgan fingerprint density at radius 1 is 1.42 bits per heavy atom. The highest BCUT2D eigenvalue weighted by atomic mass is 79.9. The molecule has 0 unspecified atom stereocenters. The lowest BCUT2D eigenvalue weighted by Crippen LogP contribution is -2.32. The maximum atomic E-state index is 12.0. The zero-order chi connectivity index (χ0) is 14.0. The highest BCUT2D eigenvalue weighted by molar-refractivity contribution is 9.10. The van der Waals surface area contributed by atoms with Crippen molar-refractivity contribution in [3.63, 3.8) is 0 Å². The van der Waals surface area contributed by atoms with E-state index in [4.69, 9.17) is 5.14 Å². The van der Waals surface area contributed by atoms with Crippen LogP contribution in [0.1, 0.15) is 29.6 Å². The smallest absolute Gasteiger partial charge is 0.252 e. The van der Waals surface area contributed by atoms with Crippen molar-refractivity contribution >= 4 is 31.9 Å². The lowest BCUT2D eigenvalue weighted by molar-refractivity contribution is 0.0938. The number of sulfonamides is 1. The van der Waals surface area contributed by atoms with Crippen molar-refractivity contribution in [2.75, 3.05) is 6.54 Å². The molecule has 5 nitrogen and oxygen atoms in total. The summed E-state index contributed by atoms with van der Waals surface area (Å²) in [6.07, 6.45) is 3.49. The van der Waals surface area contributed by atoms with Gasteiger partial charge in [-0.15, -0.1) is 0 Å². The van der Waals surface area contributed by atoms with Gasteiger partial charge in [0.15, 0.2) is 0 Å². The van der Waals surface area contributed by atoms with Crippen LogP contribution in [0.25, 0.3) is 0 Å². The molecular formula is C12H15BrN2O3S. The third-order valence-corrected chi connectivity index (χ3v) is 4.89. The Hall–Kier alpha value is -0.920. The molecule has 1 aliphatic rings. The Kier molecular flexibility index (Phi) is 4.27. The topological polar surface area (TPSA) is 89.3 Å². The van der Waals surface area contributed by atoms with Gasteiger partial charge in [-0.05, 0) is 52.9 Å². The number of primary sulfonamides is 1. The van der Waals surface area contributed by atoms with E-state index in [1.807, 2.05) is 0 Å². The molecule has 19 heavy (non-hydrogen) atoms. The molecule has 0 heterocycles. The third kappa shape index (κ3) is 3.55. The summed E-state index contributed by atoms with van der Waals surface area (Å²) >= 11 is 3.24. The first kappa shape index (κ1) is 14.5. The molecule has 0 aliphatic heterocycles. The van der Waals surface area contributed by atoms with Crippen LogP contribution in [0.4, 0.5) is 0 Å². The molecule has 0 aromatic heterocycles. The fourth-order valence-corrected chi connectivity index (χ4v) is 2.85. The average Bonchev–Trinajstić information content (AvgIpc) is 2.25. The summed E-state index contributed by atoms with van der Waals surface area (Å²) < 4.78 is 23.1. The molecule has 0 radical (unpaired) electrons. The van der Waals surface area contributed by atoms with E-state index in [0.717, 1.165) is 12.8 Å². The second-order valence-electron chi connectivity index (χ2n) is 4.69. The predicted octanol–water partition coefficient (Wildman–Crippen LogP) is 1.63. The predicted molar refractivity (Wildman–Crippen MR) is 75.2 cm³/mol. The quantitative estimate of drug-likeness (QED) is 0.867. The molecule has 1 fully saturated rings. The van der Waals surface area contributed by atoms with Crippen molar-refractivity contribution in [1.29, 1.82) is 0 Å². The zero-order valence-electron chi connectivity index (χ0n) is 10.2. The zero-order valence-corrected chi connectivity index (χ0v) is 12.6. The molecule has 7 heteroatoms. The summed E-state index contributed by atoms with van der Waals surface area (Å²) in [4.78, 5) is 11.9. The second-order valence-corrected chi connectivity index (χ2v) is 7.11. The fraction of sp³-hybridized carbons (Fsp3) is 0.417. The molecule has 1 aliphatic carbocycles. The van der Waals surface area contributed by atoms with Crippen molar-refractivity contribution in [3.8, 4) is 0 Å². The summed E-state index contributed by atoms with van der Waals surface area (Å²) in [7, 11) is -3.80. The number of carbonyl (C=O) groups is 1. The molecule has 0 atom stereocenters. The van der Waals surface area contributed by atoms with Crippen LogP contribution in [0.5, 0.6) is 0 Å². The van der Waals surface area contributed by atoms with Crippen LogP contribution in [-0.2, 0) is 10.0 Å². The van der Waals surface area contributed by atoms with Crippen LogP contribution in [-0.4, -0.2) is 20.9 Å². The van der Waals surface area contributed by atoms with Gasteiger partial charge in [-0.1, -0.05) is 6.42 Å². The molecule has 1 aromatic carbocycles. The first-order valence-corrected chi connectivity index (χ1v) is 8.32. The molecule has 0 spiro atoms. The normalized spacial score (nSPS) is 15.9. The van der Waals surface area contributed by atoms with Gasteiger partial charge in [0.05, 0.1) is 10.5 Å². The number of nitrogens with one attached hydrogen (secondary N) is 1. The van der Waals surface area contributed by atoms with Gasteiger partial charge in [0.25, 0.3) is 5.91 Å². The Morgan fingerprint density at radius 2 is 2.11 bits per heavy atom. The van der Waals surface area contributed by atoms with Crippen molar-refractivity contribution in [3.05, 3.63) is 28.2 Å². The summed E-state index contributed by atoms with van der Waals surface area (Å²) in [5.74, 6) is 0.258. The Balaban J connectivity index is 2.15. The monoisotopic (exact) mass is 346 g/mol. The number of amides is 1. The lowest BCUT2D eigenvalue weighted by Gasteiger charge is -2.25. The summed E-state index contributed by atoms with van der Waals surface area (Å²) in [6.45, 7) is 0.630. The van der Waals surface area contributed by atoms with Gasteiger partial charge in [-0.25, -0.2) is 13.6 Å². The average molecular weight is 347 g/mol. The summed E-state index contributed by atoms with van der Waals surface area (Å²) in [5, 5.41) is 7.87. The first-order chi connectivity index (χ1) is 8.88. The van der Waals surface area contributed by atoms with Gasteiger partial charge >= 0.3 is 0 Å². The number of benzene rings is 1. The van der Waals surface area contributed by atoms with Crippen LogP contribution in [0.2, 0.25) is 0 Å². The third-order valence-electron chi connectivity index (χ3n) is 3.29. The number of halogens is 1. The van der Waals surface area contributed by atoms with E-state index >= 15 is 0 Å². The van der Waals surface area contributed by atoms with Crippen molar-refractivity contribution in [1.82, 2.24) is 5.32 Å². The summed E-state index contributed by atoms with van der Waals surface area (Å²) in [5.41, 5.74) is 0.283. The maximum Gasteiger partial charge on any atom is 0.252 e. The lowest BCUT2D eigenvalue weighted by atomic mass is 9.85. The van der Waals surface area contributed by atoms with E-state index in [-0.39, 0.29) is 16.4 Å². The van der Waals surface area contributed by atoms with Crippen molar-refractivity contribution in [2.45, 2.75) is 24.2 Å². The standard InChI is InChI=1S/C12H15BrN2O3S/c13-11-5-4-9(19(14,17)18)6-10(11)12(16)15-7-8-2-1-3-8/h4-6,8H,1-3,7H2,(H,15,16)(H2,14,17,18). The number of nitrogens with two attached hydrogens (primary N) is 1. The number of hydrogen-bond acceptors (Lipinski definition) is 3. The van der Waals surface area contributed by atoms with Crippen molar-refractivity contribution in [2.24, 2.45) is 11.1 Å². The van der Waals surface area contributed by atoms with Crippen LogP contribution in [0, 0.1) is 5.92 Å². The minimum absolute atomic E-state index is 0.0653. The van der Waals surface area contributed by atoms with E-state index in [2.05, 4.69) is 21.2 Å². The molecular weight excluding hydrogens is 332 g/mol. The molecule has 1 aromatic rings. The van der Waals surface area contributed by atoms with Gasteiger partial charge in [0.1, 0.15) is 0 Å². The van der Waals surface area contributed by atoms with Crippen LogP contribution in [0.15, 0.2) is 27.6 Å². The van der Waals surface area contributed by atoms with Crippen LogP contribution in [0.3, 0.4) is 0 Å². The second kappa shape index (κ2) is 5.60. The fourth-order valence-electron chi connectivity index (χ4n) is 1.88. The number of hydrogen-bond donors (Lipinski definition) is 2. The Morgan fingerprint density at radius 3 is 2.63 bits per heavy atom. The largest absolute Gasteiger partial charge is 0.352 e. The van der Waals surface area contributed by atoms with E-state index in [0.29, 0.717) is 16.9 Å². The number of carbonyl (C=O) groups excluding carboxylic acids is 1. The SMILES string of the molecule is NS(=O)(=O)c1ccc(Br)c(C(=O)NCC2CCC2)c1. The van der Waals surface area contributed by atoms with Crippen LogP contribution < -0.4 is 10.5 Å². The highest BCUT2D eigenvalue weighted by Crippen LogP contribution is 2.26. The van der Waals surface area contributed by atoms with Gasteiger partial charge in [0.2, 0.25) is 10.0 Å². The van der Waals surface area contributed by atoms with Gasteiger partial charge in [-0.3, -0.25) is 4.79 Å². The molecule has 1 saturated carbocycles. The van der Waals surface area contributed by atoms with E-state index in [1.165, 1.54) is 24.6 Å². The minimum atomic E-state index is -3.80. The van der Waals surface area contributed by atoms with E-state index < -0.39 is 10.0 Å². The van der Waals surface area contributed by atoms with Crippen LogP contribution >= 0.6 is 15.9 Å². The minimum Gasteiger partial charge on any atom is -0.352 e. The number of rotatable bonds is 4. The molecule has 1 amide bonds.